The highest BCUT2D eigenvalue weighted by Gasteiger charge is 2.29. The Labute approximate surface area is 135 Å². The van der Waals surface area contributed by atoms with Crippen LogP contribution in [0.5, 0.6) is 0 Å². The largest absolute Gasteiger partial charge is 0.372 e. The SMILES string of the molecule is Cc1cc(C#N)nc(NC[C@@H]2CCCO[C@H]2c2ccnn2C)n1. The van der Waals surface area contributed by atoms with E-state index in [1.165, 1.54) is 0 Å². The Balaban J connectivity index is 1.72. The summed E-state index contributed by atoms with van der Waals surface area (Å²) in [6.07, 6.45) is 3.92. The zero-order valence-electron chi connectivity index (χ0n) is 13.4. The molecule has 0 spiro atoms. The lowest BCUT2D eigenvalue weighted by molar-refractivity contribution is -0.0284. The molecule has 1 N–H and O–H groups in total. The number of anilines is 1. The van der Waals surface area contributed by atoms with Crippen LogP contribution < -0.4 is 5.32 Å². The fraction of sp³-hybridized carbons (Fsp3) is 0.500. The second-order valence-electron chi connectivity index (χ2n) is 5.78. The van der Waals surface area contributed by atoms with Crippen molar-refractivity contribution in [2.24, 2.45) is 13.0 Å². The van der Waals surface area contributed by atoms with Gasteiger partial charge < -0.3 is 10.1 Å². The van der Waals surface area contributed by atoms with Crippen molar-refractivity contribution < 1.29 is 4.74 Å². The van der Waals surface area contributed by atoms with Crippen LogP contribution in [0.3, 0.4) is 0 Å². The quantitative estimate of drug-likeness (QED) is 0.928. The molecule has 0 bridgehead atoms. The summed E-state index contributed by atoms with van der Waals surface area (Å²) in [5.74, 6) is 0.810. The van der Waals surface area contributed by atoms with Crippen LogP contribution in [0.1, 0.15) is 36.0 Å². The minimum absolute atomic E-state index is 0.0176. The van der Waals surface area contributed by atoms with Gasteiger partial charge in [-0.2, -0.15) is 10.4 Å². The Hall–Kier alpha value is -2.46. The number of hydrogen-bond donors (Lipinski definition) is 1. The van der Waals surface area contributed by atoms with Gasteiger partial charge in [-0.25, -0.2) is 9.97 Å². The van der Waals surface area contributed by atoms with Crippen molar-refractivity contribution in [1.29, 1.82) is 5.26 Å². The van der Waals surface area contributed by atoms with Crippen molar-refractivity contribution in [3.8, 4) is 6.07 Å². The van der Waals surface area contributed by atoms with E-state index in [0.29, 0.717) is 24.1 Å². The van der Waals surface area contributed by atoms with Gasteiger partial charge >= 0.3 is 0 Å². The van der Waals surface area contributed by atoms with E-state index < -0.39 is 0 Å². The van der Waals surface area contributed by atoms with Crippen LogP contribution in [0.25, 0.3) is 0 Å². The molecule has 120 valence electrons. The van der Waals surface area contributed by atoms with Crippen molar-refractivity contribution in [3.63, 3.8) is 0 Å². The van der Waals surface area contributed by atoms with Crippen LogP contribution in [0, 0.1) is 24.2 Å². The van der Waals surface area contributed by atoms with Gasteiger partial charge in [0.15, 0.2) is 0 Å². The Kier molecular flexibility index (Phi) is 4.53. The topological polar surface area (TPSA) is 88.6 Å². The summed E-state index contributed by atoms with van der Waals surface area (Å²) in [6, 6.07) is 5.73. The number of aryl methyl sites for hydroxylation is 2. The molecular formula is C16H20N6O. The number of nitrogens with one attached hydrogen (secondary N) is 1. The standard InChI is InChI=1S/C16H20N6O/c1-11-8-13(9-17)21-16(20-11)18-10-12-4-3-7-23-15(12)14-5-6-19-22(14)2/h5-6,8,12,15H,3-4,7,10H2,1-2H3,(H,18,20,21)/t12-,15+/m0/s1. The molecule has 2 aromatic rings. The van der Waals surface area contributed by atoms with E-state index in [0.717, 1.165) is 30.8 Å². The van der Waals surface area contributed by atoms with E-state index >= 15 is 0 Å². The van der Waals surface area contributed by atoms with Crippen molar-refractivity contribution >= 4 is 5.95 Å². The van der Waals surface area contributed by atoms with Crippen molar-refractivity contribution in [1.82, 2.24) is 19.7 Å². The van der Waals surface area contributed by atoms with Gasteiger partial charge in [0.2, 0.25) is 5.95 Å². The lowest BCUT2D eigenvalue weighted by atomic mass is 9.92. The maximum Gasteiger partial charge on any atom is 0.224 e. The van der Waals surface area contributed by atoms with Gasteiger partial charge in [-0.05, 0) is 31.9 Å². The maximum atomic E-state index is 9.00. The maximum absolute atomic E-state index is 9.00. The third-order valence-corrected chi connectivity index (χ3v) is 4.09. The predicted octanol–water partition coefficient (Wildman–Crippen LogP) is 1.97. The summed E-state index contributed by atoms with van der Waals surface area (Å²) in [4.78, 5) is 8.54. The highest BCUT2D eigenvalue weighted by molar-refractivity contribution is 5.33. The summed E-state index contributed by atoms with van der Waals surface area (Å²) in [6.45, 7) is 3.33. The minimum atomic E-state index is 0.0176. The molecule has 2 aromatic heterocycles. The van der Waals surface area contributed by atoms with E-state index in [1.54, 1.807) is 12.3 Å². The smallest absolute Gasteiger partial charge is 0.224 e. The molecule has 1 aliphatic rings. The Morgan fingerprint density at radius 1 is 1.48 bits per heavy atom. The van der Waals surface area contributed by atoms with E-state index in [9.17, 15) is 0 Å². The first-order chi connectivity index (χ1) is 11.2. The van der Waals surface area contributed by atoms with Crippen LogP contribution in [0.4, 0.5) is 5.95 Å². The Morgan fingerprint density at radius 2 is 2.35 bits per heavy atom. The normalized spacial score (nSPS) is 20.9. The third kappa shape index (κ3) is 3.48. The van der Waals surface area contributed by atoms with E-state index in [1.807, 2.05) is 24.7 Å². The molecule has 0 aromatic carbocycles. The molecule has 0 unspecified atom stereocenters. The molecule has 3 rings (SSSR count). The average molecular weight is 312 g/mol. The van der Waals surface area contributed by atoms with Gasteiger partial charge in [0.1, 0.15) is 17.9 Å². The zero-order valence-corrected chi connectivity index (χ0v) is 13.4. The fourth-order valence-corrected chi connectivity index (χ4v) is 2.97. The molecule has 1 aliphatic heterocycles. The zero-order chi connectivity index (χ0) is 16.2. The van der Waals surface area contributed by atoms with Crippen LogP contribution in [0.15, 0.2) is 18.3 Å². The van der Waals surface area contributed by atoms with Gasteiger partial charge in [-0.1, -0.05) is 0 Å². The molecule has 23 heavy (non-hydrogen) atoms. The molecule has 2 atom stereocenters. The molecule has 0 aliphatic carbocycles. The minimum Gasteiger partial charge on any atom is -0.372 e. The van der Waals surface area contributed by atoms with Crippen LogP contribution in [0.2, 0.25) is 0 Å². The van der Waals surface area contributed by atoms with E-state index in [-0.39, 0.29) is 6.10 Å². The lowest BCUT2D eigenvalue weighted by Crippen LogP contribution is -2.30. The monoisotopic (exact) mass is 312 g/mol. The predicted molar refractivity (Wildman–Crippen MR) is 84.6 cm³/mol. The first kappa shape index (κ1) is 15.4. The fourth-order valence-electron chi connectivity index (χ4n) is 2.97. The van der Waals surface area contributed by atoms with Gasteiger partial charge in [0.05, 0.1) is 5.69 Å². The Morgan fingerprint density at radius 3 is 3.09 bits per heavy atom. The molecular weight excluding hydrogens is 292 g/mol. The van der Waals surface area contributed by atoms with Crippen LogP contribution in [-0.4, -0.2) is 32.9 Å². The van der Waals surface area contributed by atoms with Crippen LogP contribution in [-0.2, 0) is 11.8 Å². The second-order valence-corrected chi connectivity index (χ2v) is 5.78. The number of rotatable bonds is 4. The average Bonchev–Trinajstić information content (AvgIpc) is 2.98. The van der Waals surface area contributed by atoms with Gasteiger partial charge in [0.25, 0.3) is 0 Å². The lowest BCUT2D eigenvalue weighted by Gasteiger charge is -2.32. The summed E-state index contributed by atoms with van der Waals surface area (Å²) in [7, 11) is 1.93. The summed E-state index contributed by atoms with van der Waals surface area (Å²) in [5.41, 5.74) is 2.24. The first-order valence-electron chi connectivity index (χ1n) is 7.76. The van der Waals surface area contributed by atoms with E-state index in [2.05, 4.69) is 26.5 Å². The number of nitrogens with zero attached hydrogens (tertiary/aromatic N) is 5. The van der Waals surface area contributed by atoms with Crippen molar-refractivity contribution in [2.75, 3.05) is 18.5 Å². The number of hydrogen-bond acceptors (Lipinski definition) is 6. The van der Waals surface area contributed by atoms with Gasteiger partial charge in [0, 0.05) is 38.0 Å². The summed E-state index contributed by atoms with van der Waals surface area (Å²) >= 11 is 0. The molecule has 0 radical (unpaired) electrons. The van der Waals surface area contributed by atoms with Gasteiger partial charge in [-0.15, -0.1) is 0 Å². The molecule has 0 amide bonds. The first-order valence-corrected chi connectivity index (χ1v) is 7.76. The molecule has 3 heterocycles. The van der Waals surface area contributed by atoms with Crippen molar-refractivity contribution in [3.05, 3.63) is 35.4 Å². The highest BCUT2D eigenvalue weighted by atomic mass is 16.5. The van der Waals surface area contributed by atoms with Crippen molar-refractivity contribution in [2.45, 2.75) is 25.9 Å². The highest BCUT2D eigenvalue weighted by Crippen LogP contribution is 2.33. The molecule has 0 saturated carbocycles. The Bertz CT molecular complexity index is 720. The van der Waals surface area contributed by atoms with E-state index in [4.69, 9.17) is 10.00 Å². The molecule has 7 nitrogen and oxygen atoms in total. The summed E-state index contributed by atoms with van der Waals surface area (Å²) in [5, 5.41) is 16.5. The second kappa shape index (κ2) is 6.75. The summed E-state index contributed by atoms with van der Waals surface area (Å²) < 4.78 is 7.84. The third-order valence-electron chi connectivity index (χ3n) is 4.09. The number of nitriles is 1. The number of ether oxygens (including phenoxy) is 1. The number of aromatic nitrogens is 4. The molecule has 1 fully saturated rings. The molecule has 1 saturated heterocycles. The molecule has 7 heteroatoms. The van der Waals surface area contributed by atoms with Gasteiger partial charge in [-0.3, -0.25) is 4.68 Å². The van der Waals surface area contributed by atoms with Crippen LogP contribution >= 0.6 is 0 Å².